The van der Waals surface area contributed by atoms with Crippen molar-refractivity contribution in [2.75, 3.05) is 59.5 Å². The normalized spacial score (nSPS) is 18.4. The number of rotatable bonds is 21. The molecule has 0 aromatic heterocycles. The first-order valence-corrected chi connectivity index (χ1v) is 23.1. The van der Waals surface area contributed by atoms with Crippen LogP contribution in [0.15, 0.2) is 66.7 Å². The standard InChI is InChI=1S/C54H72O6/c1-10-40(44-25-55-26-44)31-58-52-21-34(4)47(18-37(52)7)50(43-16-14-13-15-17-43)24-51(48-19-38(8)53(22-35(48)5)59-32-41(11-2)45-27-56-28-45)49-20-39(9)54(23-36(49)6)60-33-42(12-3)46-29-57-30-46/h13-23,40-42,44-46,50-51H,10-12,24-33H2,1-9H3. The van der Waals surface area contributed by atoms with E-state index in [9.17, 15) is 0 Å². The second kappa shape index (κ2) is 20.4. The quantitative estimate of drug-likeness (QED) is 0.0835. The van der Waals surface area contributed by atoms with Gasteiger partial charge in [-0.1, -0.05) is 69.3 Å². The highest BCUT2D eigenvalue weighted by Crippen LogP contribution is 2.45. The minimum Gasteiger partial charge on any atom is -0.493 e. The summed E-state index contributed by atoms with van der Waals surface area (Å²) in [5.74, 6) is 6.55. The molecule has 0 amide bonds. The number of benzene rings is 4. The molecule has 0 N–H and O–H groups in total. The molecule has 0 spiro atoms. The topological polar surface area (TPSA) is 55.4 Å². The van der Waals surface area contributed by atoms with Crippen molar-refractivity contribution in [2.45, 2.75) is 99.8 Å². The molecule has 3 saturated heterocycles. The summed E-state index contributed by atoms with van der Waals surface area (Å²) >= 11 is 0. The Morgan fingerprint density at radius 2 is 0.783 bits per heavy atom. The van der Waals surface area contributed by atoms with E-state index in [1.807, 2.05) is 0 Å². The average Bonchev–Trinajstić information content (AvgIpc) is 3.18. The van der Waals surface area contributed by atoms with E-state index in [4.69, 9.17) is 28.4 Å². The average molecular weight is 817 g/mol. The first-order chi connectivity index (χ1) is 29.1. The largest absolute Gasteiger partial charge is 0.493 e. The lowest BCUT2D eigenvalue weighted by molar-refractivity contribution is -0.0694. The Morgan fingerprint density at radius 3 is 1.08 bits per heavy atom. The molecule has 4 atom stereocenters. The van der Waals surface area contributed by atoms with E-state index in [0.717, 1.165) is 102 Å². The molecule has 0 radical (unpaired) electrons. The van der Waals surface area contributed by atoms with E-state index in [-0.39, 0.29) is 11.8 Å². The fourth-order valence-electron chi connectivity index (χ4n) is 9.74. The Balaban J connectivity index is 1.24. The van der Waals surface area contributed by atoms with E-state index in [2.05, 4.69) is 129 Å². The zero-order valence-electron chi connectivity index (χ0n) is 38.1. The fourth-order valence-corrected chi connectivity index (χ4v) is 9.74. The summed E-state index contributed by atoms with van der Waals surface area (Å²) in [6, 6.07) is 25.3. The highest BCUT2D eigenvalue weighted by molar-refractivity contribution is 5.52. The van der Waals surface area contributed by atoms with Crippen LogP contribution in [0.25, 0.3) is 0 Å². The van der Waals surface area contributed by atoms with Crippen LogP contribution in [-0.4, -0.2) is 59.5 Å². The summed E-state index contributed by atoms with van der Waals surface area (Å²) in [5.41, 5.74) is 12.7. The summed E-state index contributed by atoms with van der Waals surface area (Å²) in [6.07, 6.45) is 4.20. The predicted octanol–water partition coefficient (Wildman–Crippen LogP) is 12.0. The molecule has 4 aromatic carbocycles. The summed E-state index contributed by atoms with van der Waals surface area (Å²) in [6.45, 7) is 27.6. The van der Waals surface area contributed by atoms with Crippen LogP contribution in [0, 0.1) is 77.0 Å². The maximum atomic E-state index is 6.64. The number of ether oxygens (including phenoxy) is 6. The van der Waals surface area contributed by atoms with Crippen LogP contribution < -0.4 is 14.2 Å². The van der Waals surface area contributed by atoms with Gasteiger partial charge in [-0.25, -0.2) is 0 Å². The van der Waals surface area contributed by atoms with Crippen LogP contribution in [-0.2, 0) is 14.2 Å². The van der Waals surface area contributed by atoms with Crippen LogP contribution in [0.2, 0.25) is 0 Å². The van der Waals surface area contributed by atoms with Crippen molar-refractivity contribution in [2.24, 2.45) is 35.5 Å². The Morgan fingerprint density at radius 1 is 0.450 bits per heavy atom. The van der Waals surface area contributed by atoms with Gasteiger partial charge < -0.3 is 28.4 Å². The van der Waals surface area contributed by atoms with Gasteiger partial charge in [0.1, 0.15) is 17.2 Å². The monoisotopic (exact) mass is 817 g/mol. The van der Waals surface area contributed by atoms with Crippen LogP contribution in [0.3, 0.4) is 0 Å². The third-order valence-electron chi connectivity index (χ3n) is 14.4. The van der Waals surface area contributed by atoms with Crippen LogP contribution in [0.5, 0.6) is 17.2 Å². The molecule has 0 saturated carbocycles. The van der Waals surface area contributed by atoms with Gasteiger partial charge in [0.15, 0.2) is 0 Å². The molecule has 7 rings (SSSR count). The Kier molecular flexibility index (Phi) is 15.0. The van der Waals surface area contributed by atoms with Crippen LogP contribution >= 0.6 is 0 Å². The number of hydrogen-bond donors (Lipinski definition) is 0. The van der Waals surface area contributed by atoms with Crippen LogP contribution in [0.1, 0.15) is 114 Å². The SMILES string of the molecule is CCC(COc1cc(C)c(C(CC(c2cc(C)c(OCC(CC)C3COC3)cc2C)c2cc(C)c(OCC(CC)C3COC3)cc2C)c2ccccc2)cc1C)C1COC1. The van der Waals surface area contributed by atoms with Crippen molar-refractivity contribution < 1.29 is 28.4 Å². The van der Waals surface area contributed by atoms with Crippen molar-refractivity contribution in [3.8, 4) is 17.2 Å². The molecule has 3 aliphatic heterocycles. The van der Waals surface area contributed by atoms with Gasteiger partial charge in [0.05, 0.1) is 59.5 Å². The first-order valence-electron chi connectivity index (χ1n) is 23.1. The number of hydrogen-bond acceptors (Lipinski definition) is 6. The Bertz CT molecular complexity index is 1930. The minimum absolute atomic E-state index is 0.118. The second-order valence-electron chi connectivity index (χ2n) is 18.5. The van der Waals surface area contributed by atoms with E-state index < -0.39 is 0 Å². The molecule has 3 aliphatic rings. The molecule has 3 fully saturated rings. The third-order valence-corrected chi connectivity index (χ3v) is 14.4. The van der Waals surface area contributed by atoms with E-state index >= 15 is 0 Å². The predicted molar refractivity (Wildman–Crippen MR) is 243 cm³/mol. The molecule has 3 heterocycles. The molecule has 4 unspecified atom stereocenters. The first kappa shape index (κ1) is 44.2. The summed E-state index contributed by atoms with van der Waals surface area (Å²) < 4.78 is 36.5. The van der Waals surface area contributed by atoms with Crippen molar-refractivity contribution in [1.29, 1.82) is 0 Å². The van der Waals surface area contributed by atoms with Gasteiger partial charge >= 0.3 is 0 Å². The van der Waals surface area contributed by atoms with E-state index in [0.29, 0.717) is 35.5 Å². The van der Waals surface area contributed by atoms with Gasteiger partial charge in [-0.2, -0.15) is 0 Å². The third kappa shape index (κ3) is 10.1. The molecule has 324 valence electrons. The smallest absolute Gasteiger partial charge is 0.122 e. The van der Waals surface area contributed by atoms with Crippen molar-refractivity contribution in [1.82, 2.24) is 0 Å². The van der Waals surface area contributed by atoms with Crippen molar-refractivity contribution in [3.63, 3.8) is 0 Å². The fraction of sp³-hybridized carbons (Fsp3) is 0.556. The Hall–Kier alpha value is -3.84. The molecule has 0 bridgehead atoms. The van der Waals surface area contributed by atoms with Gasteiger partial charge in [0.2, 0.25) is 0 Å². The van der Waals surface area contributed by atoms with Crippen LogP contribution in [0.4, 0.5) is 0 Å². The maximum Gasteiger partial charge on any atom is 0.122 e. The highest BCUT2D eigenvalue weighted by atomic mass is 16.5. The molecule has 60 heavy (non-hydrogen) atoms. The van der Waals surface area contributed by atoms with Gasteiger partial charge in [-0.3, -0.25) is 0 Å². The molecule has 6 nitrogen and oxygen atoms in total. The van der Waals surface area contributed by atoms with E-state index in [1.54, 1.807) is 0 Å². The molecule has 6 heteroatoms. The molecular weight excluding hydrogens is 745 g/mol. The van der Waals surface area contributed by atoms with Crippen molar-refractivity contribution >= 4 is 0 Å². The van der Waals surface area contributed by atoms with Gasteiger partial charge in [0.25, 0.3) is 0 Å². The van der Waals surface area contributed by atoms with E-state index in [1.165, 1.54) is 55.6 Å². The lowest BCUT2D eigenvalue weighted by atomic mass is 9.74. The lowest BCUT2D eigenvalue weighted by Gasteiger charge is -2.34. The van der Waals surface area contributed by atoms with Gasteiger partial charge in [0, 0.05) is 29.6 Å². The molecule has 0 aliphatic carbocycles. The lowest BCUT2D eigenvalue weighted by Crippen LogP contribution is -2.36. The summed E-state index contributed by atoms with van der Waals surface area (Å²) in [5, 5.41) is 0. The summed E-state index contributed by atoms with van der Waals surface area (Å²) in [4.78, 5) is 0. The highest BCUT2D eigenvalue weighted by Gasteiger charge is 2.32. The van der Waals surface area contributed by atoms with Crippen molar-refractivity contribution in [3.05, 3.63) is 122 Å². The maximum absolute atomic E-state index is 6.64. The zero-order valence-corrected chi connectivity index (χ0v) is 38.1. The van der Waals surface area contributed by atoms with Gasteiger partial charge in [-0.15, -0.1) is 0 Å². The van der Waals surface area contributed by atoms with Gasteiger partial charge in [-0.05, 0) is 159 Å². The summed E-state index contributed by atoms with van der Waals surface area (Å²) in [7, 11) is 0. The zero-order chi connectivity index (χ0) is 42.3. The molecular formula is C54H72O6. The molecule has 4 aromatic rings. The minimum atomic E-state index is 0.118. The number of aryl methyl sites for hydroxylation is 6. The second-order valence-corrected chi connectivity index (χ2v) is 18.5. The Labute approximate surface area is 361 Å².